The number of hydrogen-bond acceptors (Lipinski definition) is 5. The Kier molecular flexibility index (Phi) is 5.20. The molecule has 7 nitrogen and oxygen atoms in total. The van der Waals surface area contributed by atoms with Crippen molar-refractivity contribution in [3.05, 3.63) is 53.5 Å². The molecule has 2 rings (SSSR count). The van der Waals surface area contributed by atoms with Gasteiger partial charge in [-0.1, -0.05) is 12.1 Å². The Bertz CT molecular complexity index is 865. The molecule has 2 aromatic rings. The van der Waals surface area contributed by atoms with Gasteiger partial charge < -0.3 is 4.42 Å². The molecule has 0 aliphatic rings. The lowest BCUT2D eigenvalue weighted by Crippen LogP contribution is -2.22. The molecule has 0 bridgehead atoms. The largest absolute Gasteiger partial charge is 0.469 e. The van der Waals surface area contributed by atoms with E-state index < -0.39 is 10.0 Å². The van der Waals surface area contributed by atoms with E-state index in [1.807, 2.05) is 0 Å². The third-order valence-corrected chi connectivity index (χ3v) is 5.31. The number of hydrogen-bond donors (Lipinski definition) is 1. The maximum atomic E-state index is 12.0. The minimum atomic E-state index is -3.47. The van der Waals surface area contributed by atoms with Gasteiger partial charge in [0.2, 0.25) is 10.0 Å². The predicted octanol–water partition coefficient (Wildman–Crippen LogP) is 1.99. The highest BCUT2D eigenvalue weighted by Gasteiger charge is 2.17. The molecule has 0 aliphatic heterocycles. The standard InChI is InChI=1S/C16H19N3O4S/c1-11(17-18-16(20)15-9-10-23-12(15)2)13-5-7-14(8-6-13)24(21,22)19(3)4/h5-10H,1-4H3,(H,18,20)/b17-11-. The van der Waals surface area contributed by atoms with E-state index >= 15 is 0 Å². The van der Waals surface area contributed by atoms with Crippen LogP contribution < -0.4 is 5.43 Å². The lowest BCUT2D eigenvalue weighted by atomic mass is 10.1. The van der Waals surface area contributed by atoms with Gasteiger partial charge in [0.15, 0.2) is 0 Å². The summed E-state index contributed by atoms with van der Waals surface area (Å²) in [6.45, 7) is 3.41. The van der Waals surface area contributed by atoms with E-state index in [0.29, 0.717) is 22.6 Å². The van der Waals surface area contributed by atoms with Crippen molar-refractivity contribution in [2.24, 2.45) is 5.10 Å². The maximum absolute atomic E-state index is 12.0. The maximum Gasteiger partial charge on any atom is 0.274 e. The highest BCUT2D eigenvalue weighted by atomic mass is 32.2. The van der Waals surface area contributed by atoms with Crippen LogP contribution in [0.2, 0.25) is 0 Å². The number of sulfonamides is 1. The average Bonchev–Trinajstić information content (AvgIpc) is 2.98. The van der Waals surface area contributed by atoms with E-state index in [2.05, 4.69) is 10.5 Å². The van der Waals surface area contributed by atoms with Gasteiger partial charge >= 0.3 is 0 Å². The molecule has 1 heterocycles. The van der Waals surface area contributed by atoms with Crippen LogP contribution in [0.5, 0.6) is 0 Å². The summed E-state index contributed by atoms with van der Waals surface area (Å²) in [6, 6.07) is 7.86. The van der Waals surface area contributed by atoms with Crippen LogP contribution in [0.1, 0.15) is 28.6 Å². The van der Waals surface area contributed by atoms with Gasteiger partial charge in [-0.05, 0) is 37.6 Å². The lowest BCUT2D eigenvalue weighted by molar-refractivity contribution is 0.0953. The monoisotopic (exact) mass is 349 g/mol. The molecule has 1 aromatic carbocycles. The molecule has 0 saturated carbocycles. The van der Waals surface area contributed by atoms with Gasteiger partial charge in [-0.25, -0.2) is 18.1 Å². The van der Waals surface area contributed by atoms with Gasteiger partial charge in [-0.3, -0.25) is 4.79 Å². The molecule has 0 atom stereocenters. The van der Waals surface area contributed by atoms with E-state index in [4.69, 9.17) is 4.42 Å². The summed E-state index contributed by atoms with van der Waals surface area (Å²) in [5.74, 6) is 0.144. The zero-order valence-corrected chi connectivity index (χ0v) is 14.7. The fourth-order valence-corrected chi connectivity index (χ4v) is 2.86. The number of nitrogens with zero attached hydrogens (tertiary/aromatic N) is 2. The van der Waals surface area contributed by atoms with Gasteiger partial charge in [0, 0.05) is 14.1 Å². The summed E-state index contributed by atoms with van der Waals surface area (Å²) in [7, 11) is -0.515. The van der Waals surface area contributed by atoms with Crippen molar-refractivity contribution >= 4 is 21.6 Å². The Morgan fingerprint density at radius 3 is 2.29 bits per heavy atom. The first-order chi connectivity index (χ1) is 11.2. The molecule has 8 heteroatoms. The Hall–Kier alpha value is -2.45. The van der Waals surface area contributed by atoms with Crippen molar-refractivity contribution in [2.75, 3.05) is 14.1 Å². The summed E-state index contributed by atoms with van der Waals surface area (Å²) in [5, 5.41) is 4.03. The summed E-state index contributed by atoms with van der Waals surface area (Å²) in [6.07, 6.45) is 1.44. The van der Waals surface area contributed by atoms with Crippen molar-refractivity contribution in [3.8, 4) is 0 Å². The molecule has 1 amide bonds. The number of carbonyl (C=O) groups is 1. The number of amides is 1. The minimum absolute atomic E-state index is 0.196. The molecule has 128 valence electrons. The topological polar surface area (TPSA) is 92.0 Å². The van der Waals surface area contributed by atoms with E-state index in [0.717, 1.165) is 4.31 Å². The van der Waals surface area contributed by atoms with Crippen molar-refractivity contribution in [1.29, 1.82) is 0 Å². The Morgan fingerprint density at radius 1 is 1.17 bits per heavy atom. The normalized spacial score (nSPS) is 12.5. The third kappa shape index (κ3) is 3.72. The molecule has 0 fully saturated rings. The Balaban J connectivity index is 2.14. The molecule has 0 aliphatic carbocycles. The molecule has 0 spiro atoms. The molecule has 0 unspecified atom stereocenters. The molecular formula is C16H19N3O4S. The second-order valence-corrected chi connectivity index (χ2v) is 7.49. The van der Waals surface area contributed by atoms with Crippen LogP contribution in [0.25, 0.3) is 0 Å². The third-order valence-electron chi connectivity index (χ3n) is 3.48. The fraction of sp³-hybridized carbons (Fsp3) is 0.250. The van der Waals surface area contributed by atoms with Crippen LogP contribution in [-0.4, -0.2) is 38.4 Å². The van der Waals surface area contributed by atoms with Crippen molar-refractivity contribution in [3.63, 3.8) is 0 Å². The molecule has 1 aromatic heterocycles. The van der Waals surface area contributed by atoms with Gasteiger partial charge in [-0.15, -0.1) is 0 Å². The van der Waals surface area contributed by atoms with E-state index in [1.165, 1.54) is 32.5 Å². The first-order valence-corrected chi connectivity index (χ1v) is 8.59. The number of carbonyl (C=O) groups excluding carboxylic acids is 1. The zero-order valence-electron chi connectivity index (χ0n) is 13.9. The average molecular weight is 349 g/mol. The van der Waals surface area contributed by atoms with Crippen LogP contribution in [0.4, 0.5) is 0 Å². The van der Waals surface area contributed by atoms with Crippen LogP contribution in [0, 0.1) is 6.92 Å². The first-order valence-electron chi connectivity index (χ1n) is 7.15. The summed E-state index contributed by atoms with van der Waals surface area (Å²) in [4.78, 5) is 12.2. The second-order valence-electron chi connectivity index (χ2n) is 5.34. The smallest absolute Gasteiger partial charge is 0.274 e. The molecule has 1 N–H and O–H groups in total. The summed E-state index contributed by atoms with van der Waals surface area (Å²) in [5.41, 5.74) is 4.12. The van der Waals surface area contributed by atoms with E-state index in [1.54, 1.807) is 32.0 Å². The van der Waals surface area contributed by atoms with Gasteiger partial charge in [0.25, 0.3) is 5.91 Å². The van der Waals surface area contributed by atoms with E-state index in [-0.39, 0.29) is 10.8 Å². The molecular weight excluding hydrogens is 330 g/mol. The number of rotatable bonds is 5. The number of aryl methyl sites for hydroxylation is 1. The highest BCUT2D eigenvalue weighted by Crippen LogP contribution is 2.14. The molecule has 0 radical (unpaired) electrons. The number of nitrogens with one attached hydrogen (secondary N) is 1. The van der Waals surface area contributed by atoms with Crippen molar-refractivity contribution in [1.82, 2.24) is 9.73 Å². The molecule has 24 heavy (non-hydrogen) atoms. The van der Waals surface area contributed by atoms with Crippen molar-refractivity contribution in [2.45, 2.75) is 18.7 Å². The van der Waals surface area contributed by atoms with Gasteiger partial charge in [0.05, 0.1) is 22.4 Å². The second kappa shape index (κ2) is 6.98. The quantitative estimate of drug-likeness (QED) is 0.660. The SMILES string of the molecule is C/C(=N/NC(=O)c1ccoc1C)c1ccc(S(=O)(=O)N(C)C)cc1. The summed E-state index contributed by atoms with van der Waals surface area (Å²) >= 11 is 0. The van der Waals surface area contributed by atoms with Crippen molar-refractivity contribution < 1.29 is 17.6 Å². The van der Waals surface area contributed by atoms with Gasteiger partial charge in [0.1, 0.15) is 5.76 Å². The zero-order chi connectivity index (χ0) is 17.9. The van der Waals surface area contributed by atoms with Gasteiger partial charge in [-0.2, -0.15) is 5.10 Å². The Morgan fingerprint density at radius 2 is 1.79 bits per heavy atom. The molecule has 0 saturated heterocycles. The fourth-order valence-electron chi connectivity index (χ4n) is 1.96. The predicted molar refractivity (Wildman–Crippen MR) is 90.4 cm³/mol. The van der Waals surface area contributed by atoms with Crippen LogP contribution in [-0.2, 0) is 10.0 Å². The minimum Gasteiger partial charge on any atom is -0.469 e. The van der Waals surface area contributed by atoms with E-state index in [9.17, 15) is 13.2 Å². The highest BCUT2D eigenvalue weighted by molar-refractivity contribution is 7.89. The van der Waals surface area contributed by atoms with Crippen LogP contribution in [0.15, 0.2) is 51.0 Å². The lowest BCUT2D eigenvalue weighted by Gasteiger charge is -2.11. The summed E-state index contributed by atoms with van der Waals surface area (Å²) < 4.78 is 30.3. The number of hydrazone groups is 1. The van der Waals surface area contributed by atoms with Crippen LogP contribution in [0.3, 0.4) is 0 Å². The number of benzene rings is 1. The Labute approximate surface area is 141 Å². The number of furan rings is 1. The van der Waals surface area contributed by atoms with Crippen LogP contribution >= 0.6 is 0 Å². The first kappa shape index (κ1) is 17.9.